The van der Waals surface area contributed by atoms with E-state index in [0.29, 0.717) is 11.4 Å². The number of amides is 1. The van der Waals surface area contributed by atoms with E-state index < -0.39 is 5.60 Å². The molecule has 1 unspecified atom stereocenters. The Hall–Kier alpha value is -2.99. The van der Waals surface area contributed by atoms with Gasteiger partial charge in [-0.2, -0.15) is 0 Å². The second-order valence-corrected chi connectivity index (χ2v) is 5.70. The van der Waals surface area contributed by atoms with Gasteiger partial charge in [0.05, 0.1) is 6.54 Å². The Morgan fingerprint density at radius 3 is 2.75 bits per heavy atom. The highest BCUT2D eigenvalue weighted by Gasteiger charge is 2.23. The Balaban J connectivity index is 1.70. The molecule has 1 aromatic carbocycles. The number of hydrogen-bond donors (Lipinski definition) is 2. The van der Waals surface area contributed by atoms with Crippen LogP contribution >= 0.6 is 0 Å². The first-order valence-corrected chi connectivity index (χ1v) is 7.57. The van der Waals surface area contributed by atoms with E-state index >= 15 is 0 Å². The molecule has 0 saturated carbocycles. The second kappa shape index (κ2) is 6.64. The summed E-state index contributed by atoms with van der Waals surface area (Å²) in [5.41, 5.74) is 0.0774. The summed E-state index contributed by atoms with van der Waals surface area (Å²) in [7, 11) is 0. The molecule has 6 nitrogen and oxygen atoms in total. The largest absolute Gasteiger partial charge is 0.384 e. The molecule has 0 aliphatic heterocycles. The number of pyridine rings is 1. The first-order valence-electron chi connectivity index (χ1n) is 7.57. The molecule has 0 aliphatic rings. The molecule has 3 aromatic rings. The van der Waals surface area contributed by atoms with Crippen LogP contribution in [0, 0.1) is 0 Å². The number of nitrogens with one attached hydrogen (secondary N) is 1. The van der Waals surface area contributed by atoms with Crippen molar-refractivity contribution in [2.75, 3.05) is 6.54 Å². The minimum atomic E-state index is -1.14. The van der Waals surface area contributed by atoms with Crippen molar-refractivity contribution in [1.82, 2.24) is 19.9 Å². The minimum absolute atomic E-state index is 0.110. The van der Waals surface area contributed by atoms with Crippen LogP contribution < -0.4 is 5.32 Å². The number of carbonyl (C=O) groups excluding carboxylic acids is 1. The van der Waals surface area contributed by atoms with Crippen LogP contribution in [0.25, 0.3) is 5.82 Å². The monoisotopic (exact) mass is 322 g/mol. The summed E-state index contributed by atoms with van der Waals surface area (Å²) in [4.78, 5) is 20.5. The molecule has 6 heteroatoms. The average Bonchev–Trinajstić information content (AvgIpc) is 3.15. The highest BCUT2D eigenvalue weighted by atomic mass is 16.3. The van der Waals surface area contributed by atoms with Crippen molar-refractivity contribution in [1.29, 1.82) is 0 Å². The molecule has 0 bridgehead atoms. The second-order valence-electron chi connectivity index (χ2n) is 5.70. The van der Waals surface area contributed by atoms with E-state index in [4.69, 9.17) is 0 Å². The van der Waals surface area contributed by atoms with Crippen LogP contribution in [0.15, 0.2) is 67.4 Å². The number of aliphatic hydroxyl groups is 1. The maximum absolute atomic E-state index is 12.4. The lowest BCUT2D eigenvalue weighted by Crippen LogP contribution is -2.38. The molecule has 3 rings (SSSR count). The summed E-state index contributed by atoms with van der Waals surface area (Å²) in [6.45, 7) is 1.78. The minimum Gasteiger partial charge on any atom is -0.384 e. The van der Waals surface area contributed by atoms with Crippen LogP contribution in [-0.2, 0) is 5.60 Å². The summed E-state index contributed by atoms with van der Waals surface area (Å²) >= 11 is 0. The Labute approximate surface area is 139 Å². The standard InChI is InChI=1S/C18H18N4O2/c1-18(24,15-5-3-2-4-6-15)12-21-17(23)14-7-8-20-16(11-14)22-10-9-19-13-22/h2-11,13,24H,12H2,1H3,(H,21,23). The highest BCUT2D eigenvalue weighted by molar-refractivity contribution is 5.94. The first-order chi connectivity index (χ1) is 11.6. The van der Waals surface area contributed by atoms with Crippen molar-refractivity contribution < 1.29 is 9.90 Å². The van der Waals surface area contributed by atoms with E-state index in [9.17, 15) is 9.90 Å². The normalized spacial score (nSPS) is 13.2. The predicted octanol–water partition coefficient (Wildman–Crippen LogP) is 1.90. The molecule has 1 atom stereocenters. The van der Waals surface area contributed by atoms with Gasteiger partial charge in [-0.05, 0) is 24.6 Å². The van der Waals surface area contributed by atoms with Gasteiger partial charge in [0.15, 0.2) is 0 Å². The van der Waals surface area contributed by atoms with Crippen molar-refractivity contribution in [2.45, 2.75) is 12.5 Å². The number of carbonyl (C=O) groups is 1. The van der Waals surface area contributed by atoms with E-state index in [1.165, 1.54) is 0 Å². The lowest BCUT2D eigenvalue weighted by atomic mass is 9.96. The van der Waals surface area contributed by atoms with E-state index in [2.05, 4.69) is 15.3 Å². The van der Waals surface area contributed by atoms with Gasteiger partial charge < -0.3 is 10.4 Å². The fraction of sp³-hybridized carbons (Fsp3) is 0.167. The summed E-state index contributed by atoms with van der Waals surface area (Å²) in [6.07, 6.45) is 6.58. The van der Waals surface area contributed by atoms with Crippen LogP contribution in [-0.4, -0.2) is 32.1 Å². The fourth-order valence-electron chi connectivity index (χ4n) is 2.35. The van der Waals surface area contributed by atoms with Crippen molar-refractivity contribution in [2.24, 2.45) is 0 Å². The van der Waals surface area contributed by atoms with Gasteiger partial charge in [-0.15, -0.1) is 0 Å². The third-order valence-corrected chi connectivity index (χ3v) is 3.77. The number of hydrogen-bond acceptors (Lipinski definition) is 4. The Morgan fingerprint density at radius 2 is 2.04 bits per heavy atom. The highest BCUT2D eigenvalue weighted by Crippen LogP contribution is 2.19. The number of aromatic nitrogens is 3. The van der Waals surface area contributed by atoms with Crippen molar-refractivity contribution in [3.05, 3.63) is 78.5 Å². The predicted molar refractivity (Wildman–Crippen MR) is 89.7 cm³/mol. The third-order valence-electron chi connectivity index (χ3n) is 3.77. The molecule has 0 aliphatic carbocycles. The molecule has 0 radical (unpaired) electrons. The van der Waals surface area contributed by atoms with Crippen molar-refractivity contribution >= 4 is 5.91 Å². The van der Waals surface area contributed by atoms with Gasteiger partial charge in [0, 0.05) is 24.2 Å². The number of imidazole rings is 1. The SMILES string of the molecule is CC(O)(CNC(=O)c1ccnc(-n2ccnc2)c1)c1ccccc1. The van der Waals surface area contributed by atoms with Crippen molar-refractivity contribution in [3.63, 3.8) is 0 Å². The first kappa shape index (κ1) is 15.9. The molecular formula is C18H18N4O2. The zero-order valence-corrected chi connectivity index (χ0v) is 13.3. The molecular weight excluding hydrogens is 304 g/mol. The summed E-state index contributed by atoms with van der Waals surface area (Å²) in [5.74, 6) is 0.338. The Kier molecular flexibility index (Phi) is 4.39. The maximum atomic E-state index is 12.4. The van der Waals surface area contributed by atoms with Gasteiger partial charge in [0.1, 0.15) is 17.7 Å². The van der Waals surface area contributed by atoms with Gasteiger partial charge in [-0.3, -0.25) is 9.36 Å². The third kappa shape index (κ3) is 3.49. The van der Waals surface area contributed by atoms with E-state index in [0.717, 1.165) is 5.56 Å². The summed E-state index contributed by atoms with van der Waals surface area (Å²) in [6, 6.07) is 12.6. The Bertz CT molecular complexity index is 814. The number of nitrogens with zero attached hydrogens (tertiary/aromatic N) is 3. The lowest BCUT2D eigenvalue weighted by Gasteiger charge is -2.24. The quantitative estimate of drug-likeness (QED) is 0.752. The van der Waals surface area contributed by atoms with Gasteiger partial charge in [-0.1, -0.05) is 30.3 Å². The van der Waals surface area contributed by atoms with Gasteiger partial charge in [0.25, 0.3) is 5.91 Å². The molecule has 0 saturated heterocycles. The average molecular weight is 322 g/mol. The molecule has 0 fully saturated rings. The van der Waals surface area contributed by atoms with Gasteiger partial charge in [0.2, 0.25) is 0 Å². The van der Waals surface area contributed by atoms with Crippen LogP contribution in [0.5, 0.6) is 0 Å². The number of rotatable bonds is 5. The van der Waals surface area contributed by atoms with E-state index in [1.54, 1.807) is 48.5 Å². The van der Waals surface area contributed by atoms with Gasteiger partial charge in [-0.25, -0.2) is 9.97 Å². The zero-order chi connectivity index (χ0) is 17.0. The molecule has 2 heterocycles. The Morgan fingerprint density at radius 1 is 1.25 bits per heavy atom. The van der Waals surface area contributed by atoms with Crippen LogP contribution in [0.2, 0.25) is 0 Å². The maximum Gasteiger partial charge on any atom is 0.251 e. The van der Waals surface area contributed by atoms with Crippen LogP contribution in [0.3, 0.4) is 0 Å². The lowest BCUT2D eigenvalue weighted by molar-refractivity contribution is 0.0526. The van der Waals surface area contributed by atoms with Crippen molar-refractivity contribution in [3.8, 4) is 5.82 Å². The smallest absolute Gasteiger partial charge is 0.251 e. The molecule has 0 spiro atoms. The molecule has 1 amide bonds. The van der Waals surface area contributed by atoms with Crippen LogP contribution in [0.1, 0.15) is 22.8 Å². The summed E-state index contributed by atoms with van der Waals surface area (Å²) in [5, 5.41) is 13.3. The number of benzene rings is 1. The molecule has 24 heavy (non-hydrogen) atoms. The van der Waals surface area contributed by atoms with Gasteiger partial charge >= 0.3 is 0 Å². The molecule has 2 aromatic heterocycles. The summed E-state index contributed by atoms with van der Waals surface area (Å²) < 4.78 is 1.72. The topological polar surface area (TPSA) is 80.0 Å². The zero-order valence-electron chi connectivity index (χ0n) is 13.3. The van der Waals surface area contributed by atoms with Crippen LogP contribution in [0.4, 0.5) is 0 Å². The fourth-order valence-corrected chi connectivity index (χ4v) is 2.35. The van der Waals surface area contributed by atoms with E-state index in [-0.39, 0.29) is 12.5 Å². The van der Waals surface area contributed by atoms with E-state index in [1.807, 2.05) is 30.3 Å². The molecule has 122 valence electrons. The molecule has 2 N–H and O–H groups in total.